The van der Waals surface area contributed by atoms with Crippen molar-refractivity contribution in [1.82, 2.24) is 0 Å². The molecule has 0 N–H and O–H groups in total. The number of aryl methyl sites for hydroxylation is 1. The maximum Gasteiger partial charge on any atom is 0.162 e. The molecule has 0 atom stereocenters. The quantitative estimate of drug-likeness (QED) is 0.614. The summed E-state index contributed by atoms with van der Waals surface area (Å²) < 4.78 is 25.7. The van der Waals surface area contributed by atoms with Crippen LogP contribution in [0.1, 0.15) is 18.9 Å². The molecule has 1 aromatic carbocycles. The Morgan fingerprint density at radius 2 is 2.08 bits per heavy atom. The maximum absolute atomic E-state index is 13.0. The summed E-state index contributed by atoms with van der Waals surface area (Å²) >= 11 is 0. The minimum Gasteiger partial charge on any atom is -0.204 e. The van der Waals surface area contributed by atoms with E-state index in [1.807, 2.05) is 0 Å². The topological polar surface area (TPSA) is 0 Å². The largest absolute Gasteiger partial charge is 0.204 e. The highest BCUT2D eigenvalue weighted by atomic mass is 19.2. The second kappa shape index (κ2) is 4.61. The van der Waals surface area contributed by atoms with Crippen molar-refractivity contribution in [3.8, 4) is 11.8 Å². The fraction of sp³-hybridized carbons (Fsp3) is 0.273. The van der Waals surface area contributed by atoms with Gasteiger partial charge in [0.15, 0.2) is 11.6 Å². The van der Waals surface area contributed by atoms with Crippen LogP contribution in [0.2, 0.25) is 0 Å². The fourth-order valence-corrected chi connectivity index (χ4v) is 1.06. The molecule has 0 fully saturated rings. The van der Waals surface area contributed by atoms with Crippen LogP contribution in [0.15, 0.2) is 18.2 Å². The van der Waals surface area contributed by atoms with E-state index in [0.29, 0.717) is 18.4 Å². The van der Waals surface area contributed by atoms with Crippen molar-refractivity contribution in [1.29, 1.82) is 0 Å². The lowest BCUT2D eigenvalue weighted by Gasteiger charge is -1.99. The minimum absolute atomic E-state index is 0.391. The first-order valence-electron chi connectivity index (χ1n) is 4.08. The summed E-state index contributed by atoms with van der Waals surface area (Å²) in [6, 6.07) is 4.20. The van der Waals surface area contributed by atoms with E-state index < -0.39 is 11.6 Å². The van der Waals surface area contributed by atoms with Gasteiger partial charge in [0.25, 0.3) is 0 Å². The van der Waals surface area contributed by atoms with E-state index in [0.717, 1.165) is 6.07 Å². The third-order valence-corrected chi connectivity index (χ3v) is 1.73. The van der Waals surface area contributed by atoms with Crippen LogP contribution in [0.5, 0.6) is 0 Å². The van der Waals surface area contributed by atoms with Crippen molar-refractivity contribution in [3.05, 3.63) is 35.4 Å². The monoisotopic (exact) mass is 180 g/mol. The maximum atomic E-state index is 13.0. The Morgan fingerprint density at radius 3 is 2.77 bits per heavy atom. The Hall–Kier alpha value is -1.36. The summed E-state index contributed by atoms with van der Waals surface area (Å²) in [5.74, 6) is 3.97. The van der Waals surface area contributed by atoms with Crippen molar-refractivity contribution in [2.45, 2.75) is 19.8 Å². The molecule has 0 unspecified atom stereocenters. The second-order valence-corrected chi connectivity index (χ2v) is 2.64. The highest BCUT2D eigenvalue weighted by Crippen LogP contribution is 2.12. The normalized spacial score (nSPS) is 9.15. The Labute approximate surface area is 76.6 Å². The van der Waals surface area contributed by atoms with Gasteiger partial charge in [0.2, 0.25) is 0 Å². The SMILES string of the molecule is CC#CCCc1cccc(F)c1F. The first-order chi connectivity index (χ1) is 6.25. The van der Waals surface area contributed by atoms with Gasteiger partial charge >= 0.3 is 0 Å². The molecule has 0 aliphatic heterocycles. The highest BCUT2D eigenvalue weighted by Gasteiger charge is 2.05. The molecule has 1 aromatic rings. The Bertz CT molecular complexity index is 345. The van der Waals surface area contributed by atoms with Crippen molar-refractivity contribution in [3.63, 3.8) is 0 Å². The summed E-state index contributed by atoms with van der Waals surface area (Å²) in [5, 5.41) is 0. The summed E-state index contributed by atoms with van der Waals surface area (Å²) in [7, 11) is 0. The van der Waals surface area contributed by atoms with Gasteiger partial charge in [-0.25, -0.2) is 8.78 Å². The molecular formula is C11H10F2. The number of hydrogen-bond acceptors (Lipinski definition) is 0. The first kappa shape index (κ1) is 9.73. The first-order valence-corrected chi connectivity index (χ1v) is 4.08. The van der Waals surface area contributed by atoms with Crippen LogP contribution in [-0.4, -0.2) is 0 Å². The van der Waals surface area contributed by atoms with Gasteiger partial charge in [-0.05, 0) is 25.0 Å². The zero-order chi connectivity index (χ0) is 9.68. The van der Waals surface area contributed by atoms with E-state index in [2.05, 4.69) is 11.8 Å². The van der Waals surface area contributed by atoms with Gasteiger partial charge in [-0.1, -0.05) is 12.1 Å². The highest BCUT2D eigenvalue weighted by molar-refractivity contribution is 5.20. The molecule has 0 amide bonds. The van der Waals surface area contributed by atoms with Crippen LogP contribution < -0.4 is 0 Å². The van der Waals surface area contributed by atoms with Crippen molar-refractivity contribution >= 4 is 0 Å². The Kier molecular flexibility index (Phi) is 3.45. The van der Waals surface area contributed by atoms with E-state index in [1.165, 1.54) is 6.07 Å². The molecule has 0 heterocycles. The van der Waals surface area contributed by atoms with Crippen LogP contribution in [0, 0.1) is 23.5 Å². The smallest absolute Gasteiger partial charge is 0.162 e. The van der Waals surface area contributed by atoms with E-state index in [-0.39, 0.29) is 0 Å². The van der Waals surface area contributed by atoms with Crippen LogP contribution in [0.4, 0.5) is 8.78 Å². The van der Waals surface area contributed by atoms with E-state index in [1.54, 1.807) is 13.0 Å². The number of halogens is 2. The van der Waals surface area contributed by atoms with E-state index in [9.17, 15) is 8.78 Å². The van der Waals surface area contributed by atoms with Crippen molar-refractivity contribution in [2.24, 2.45) is 0 Å². The molecule has 2 heteroatoms. The molecule has 0 bridgehead atoms. The molecule has 68 valence electrons. The van der Waals surface area contributed by atoms with Gasteiger partial charge in [-0.15, -0.1) is 11.8 Å². The van der Waals surface area contributed by atoms with E-state index >= 15 is 0 Å². The average Bonchev–Trinajstić information content (AvgIpc) is 2.13. The second-order valence-electron chi connectivity index (χ2n) is 2.64. The molecular weight excluding hydrogens is 170 g/mol. The lowest BCUT2D eigenvalue weighted by atomic mass is 10.1. The molecule has 0 saturated heterocycles. The number of hydrogen-bond donors (Lipinski definition) is 0. The van der Waals surface area contributed by atoms with Gasteiger partial charge < -0.3 is 0 Å². The number of benzene rings is 1. The van der Waals surface area contributed by atoms with Crippen molar-refractivity contribution < 1.29 is 8.78 Å². The van der Waals surface area contributed by atoms with Crippen LogP contribution in [-0.2, 0) is 6.42 Å². The predicted octanol–water partition coefficient (Wildman–Crippen LogP) is 2.92. The van der Waals surface area contributed by atoms with Gasteiger partial charge in [0.05, 0.1) is 0 Å². The van der Waals surface area contributed by atoms with Gasteiger partial charge in [-0.3, -0.25) is 0 Å². The summed E-state index contributed by atoms with van der Waals surface area (Å²) in [4.78, 5) is 0. The molecule has 0 aliphatic carbocycles. The summed E-state index contributed by atoms with van der Waals surface area (Å²) in [5.41, 5.74) is 0.391. The minimum atomic E-state index is -0.790. The lowest BCUT2D eigenvalue weighted by molar-refractivity contribution is 0.499. The molecule has 0 saturated carbocycles. The van der Waals surface area contributed by atoms with Gasteiger partial charge in [0, 0.05) is 6.42 Å². The van der Waals surface area contributed by atoms with Crippen LogP contribution >= 0.6 is 0 Å². The Balaban J connectivity index is 2.75. The zero-order valence-corrected chi connectivity index (χ0v) is 7.40. The zero-order valence-electron chi connectivity index (χ0n) is 7.40. The lowest BCUT2D eigenvalue weighted by Crippen LogP contribution is -1.93. The number of rotatable bonds is 2. The molecule has 0 nitrogen and oxygen atoms in total. The third-order valence-electron chi connectivity index (χ3n) is 1.73. The average molecular weight is 180 g/mol. The van der Waals surface area contributed by atoms with Gasteiger partial charge in [0.1, 0.15) is 0 Å². The Morgan fingerprint density at radius 1 is 1.31 bits per heavy atom. The van der Waals surface area contributed by atoms with Crippen LogP contribution in [0.3, 0.4) is 0 Å². The molecule has 0 spiro atoms. The third kappa shape index (κ3) is 2.55. The van der Waals surface area contributed by atoms with Crippen LogP contribution in [0.25, 0.3) is 0 Å². The van der Waals surface area contributed by atoms with E-state index in [4.69, 9.17) is 0 Å². The molecule has 0 radical (unpaired) electrons. The molecule has 0 aliphatic rings. The fourth-order valence-electron chi connectivity index (χ4n) is 1.06. The predicted molar refractivity (Wildman–Crippen MR) is 48.1 cm³/mol. The molecule has 1 rings (SSSR count). The summed E-state index contributed by atoms with van der Waals surface area (Å²) in [6.45, 7) is 1.72. The van der Waals surface area contributed by atoms with Gasteiger partial charge in [-0.2, -0.15) is 0 Å². The summed E-state index contributed by atoms with van der Waals surface area (Å²) in [6.07, 6.45) is 1.03. The molecule has 13 heavy (non-hydrogen) atoms. The van der Waals surface area contributed by atoms with Crippen molar-refractivity contribution in [2.75, 3.05) is 0 Å². The molecule has 0 aromatic heterocycles. The standard InChI is InChI=1S/C11H10F2/c1-2-3-4-6-9-7-5-8-10(12)11(9)13/h5,7-8H,4,6H2,1H3.